The maximum atomic E-state index is 4.49. The Labute approximate surface area is 149 Å². The van der Waals surface area contributed by atoms with Crippen molar-refractivity contribution in [2.75, 3.05) is 20.1 Å². The number of nitrogens with zero attached hydrogens (tertiary/aromatic N) is 2. The van der Waals surface area contributed by atoms with Crippen molar-refractivity contribution in [2.24, 2.45) is 4.99 Å². The molecule has 1 aromatic carbocycles. The SMILES string of the molecule is CN=C(NCCCc1nc(C)cs1)NCC(C)c1cccc(C)c1. The van der Waals surface area contributed by atoms with Crippen LogP contribution in [-0.2, 0) is 6.42 Å². The van der Waals surface area contributed by atoms with Crippen LogP contribution in [0.25, 0.3) is 0 Å². The summed E-state index contributed by atoms with van der Waals surface area (Å²) in [5.74, 6) is 1.31. The molecule has 1 unspecified atom stereocenters. The number of benzene rings is 1. The van der Waals surface area contributed by atoms with Gasteiger partial charge >= 0.3 is 0 Å². The molecule has 130 valence electrons. The van der Waals surface area contributed by atoms with Crippen molar-refractivity contribution in [2.45, 2.75) is 39.5 Å². The van der Waals surface area contributed by atoms with Crippen LogP contribution in [0.3, 0.4) is 0 Å². The molecule has 0 bridgehead atoms. The molecule has 0 spiro atoms. The van der Waals surface area contributed by atoms with Crippen molar-refractivity contribution in [1.29, 1.82) is 0 Å². The van der Waals surface area contributed by atoms with E-state index in [2.05, 4.69) is 64.1 Å². The molecule has 0 saturated heterocycles. The average Bonchev–Trinajstić information content (AvgIpc) is 2.99. The summed E-state index contributed by atoms with van der Waals surface area (Å²) in [6, 6.07) is 8.69. The summed E-state index contributed by atoms with van der Waals surface area (Å²) >= 11 is 1.74. The van der Waals surface area contributed by atoms with Gasteiger partial charge in [0.2, 0.25) is 0 Å². The molecule has 0 radical (unpaired) electrons. The molecule has 0 amide bonds. The van der Waals surface area contributed by atoms with E-state index in [9.17, 15) is 0 Å². The fourth-order valence-electron chi connectivity index (χ4n) is 2.53. The van der Waals surface area contributed by atoms with Crippen molar-refractivity contribution in [3.05, 3.63) is 51.5 Å². The third-order valence-electron chi connectivity index (χ3n) is 3.94. The first-order valence-electron chi connectivity index (χ1n) is 8.50. The lowest BCUT2D eigenvalue weighted by molar-refractivity contribution is 0.687. The van der Waals surface area contributed by atoms with Crippen LogP contribution in [0.4, 0.5) is 0 Å². The number of thiazole rings is 1. The van der Waals surface area contributed by atoms with E-state index in [0.717, 1.165) is 37.6 Å². The topological polar surface area (TPSA) is 49.3 Å². The number of hydrogen-bond acceptors (Lipinski definition) is 3. The second-order valence-electron chi connectivity index (χ2n) is 6.18. The van der Waals surface area contributed by atoms with Crippen LogP contribution in [0.2, 0.25) is 0 Å². The Hall–Kier alpha value is -1.88. The lowest BCUT2D eigenvalue weighted by Gasteiger charge is -2.16. The lowest BCUT2D eigenvalue weighted by atomic mass is 9.99. The van der Waals surface area contributed by atoms with Gasteiger partial charge in [0, 0.05) is 37.6 Å². The molecule has 0 aliphatic carbocycles. The van der Waals surface area contributed by atoms with Gasteiger partial charge in [-0.3, -0.25) is 4.99 Å². The predicted octanol–water partition coefficient (Wildman–Crippen LogP) is 3.66. The molecular weight excluding hydrogens is 316 g/mol. The van der Waals surface area contributed by atoms with Crippen LogP contribution in [-0.4, -0.2) is 31.1 Å². The summed E-state index contributed by atoms with van der Waals surface area (Å²) in [4.78, 5) is 8.79. The van der Waals surface area contributed by atoms with E-state index < -0.39 is 0 Å². The van der Waals surface area contributed by atoms with E-state index in [-0.39, 0.29) is 0 Å². The summed E-state index contributed by atoms with van der Waals surface area (Å²) in [6.07, 6.45) is 2.07. The van der Waals surface area contributed by atoms with Gasteiger partial charge in [-0.2, -0.15) is 0 Å². The van der Waals surface area contributed by atoms with Gasteiger partial charge in [-0.1, -0.05) is 36.8 Å². The molecular formula is C19H28N4S. The van der Waals surface area contributed by atoms with Crippen molar-refractivity contribution in [1.82, 2.24) is 15.6 Å². The standard InChI is InChI=1S/C19H28N4S/c1-14-7-5-8-17(11-14)15(2)12-22-19(20-4)21-10-6-9-18-23-16(3)13-24-18/h5,7-8,11,13,15H,6,9-10,12H2,1-4H3,(H2,20,21,22). The number of rotatable bonds is 7. The first-order chi connectivity index (χ1) is 11.6. The normalized spacial score (nSPS) is 12.9. The Morgan fingerprint density at radius 1 is 1.29 bits per heavy atom. The fraction of sp³-hybridized carbons (Fsp3) is 0.474. The highest BCUT2D eigenvalue weighted by atomic mass is 32.1. The summed E-state index contributed by atoms with van der Waals surface area (Å²) in [6.45, 7) is 8.18. The van der Waals surface area contributed by atoms with Crippen LogP contribution < -0.4 is 10.6 Å². The zero-order valence-electron chi connectivity index (χ0n) is 15.1. The summed E-state index contributed by atoms with van der Waals surface area (Å²) in [5, 5.41) is 10.1. The van der Waals surface area contributed by atoms with E-state index in [1.165, 1.54) is 16.1 Å². The molecule has 0 saturated carbocycles. The smallest absolute Gasteiger partial charge is 0.190 e. The molecule has 0 fully saturated rings. The molecule has 5 heteroatoms. The zero-order chi connectivity index (χ0) is 17.4. The summed E-state index contributed by atoms with van der Waals surface area (Å²) in [7, 11) is 1.82. The van der Waals surface area contributed by atoms with E-state index in [4.69, 9.17) is 0 Å². The molecule has 2 N–H and O–H groups in total. The van der Waals surface area contributed by atoms with Gasteiger partial charge in [0.1, 0.15) is 0 Å². The largest absolute Gasteiger partial charge is 0.356 e. The second-order valence-corrected chi connectivity index (χ2v) is 7.12. The molecule has 2 rings (SSSR count). The molecule has 24 heavy (non-hydrogen) atoms. The van der Waals surface area contributed by atoms with E-state index in [0.29, 0.717) is 5.92 Å². The highest BCUT2D eigenvalue weighted by molar-refractivity contribution is 7.09. The van der Waals surface area contributed by atoms with Crippen molar-refractivity contribution in [3.8, 4) is 0 Å². The molecule has 1 heterocycles. The van der Waals surface area contributed by atoms with Gasteiger partial charge in [0.15, 0.2) is 5.96 Å². The highest BCUT2D eigenvalue weighted by Crippen LogP contribution is 2.15. The van der Waals surface area contributed by atoms with Crippen LogP contribution in [0, 0.1) is 13.8 Å². The Balaban J connectivity index is 1.70. The number of aliphatic imine (C=N–C) groups is 1. The van der Waals surface area contributed by atoms with Crippen molar-refractivity contribution < 1.29 is 0 Å². The van der Waals surface area contributed by atoms with E-state index >= 15 is 0 Å². The average molecular weight is 345 g/mol. The zero-order valence-corrected chi connectivity index (χ0v) is 15.9. The van der Waals surface area contributed by atoms with Crippen LogP contribution in [0.15, 0.2) is 34.6 Å². The Bertz CT molecular complexity index is 663. The Kier molecular flexibility index (Phi) is 7.25. The molecule has 1 aromatic heterocycles. The van der Waals surface area contributed by atoms with Crippen LogP contribution >= 0.6 is 11.3 Å². The number of nitrogens with one attached hydrogen (secondary N) is 2. The quantitative estimate of drug-likeness (QED) is 0.458. The first-order valence-corrected chi connectivity index (χ1v) is 9.38. The number of hydrogen-bond donors (Lipinski definition) is 2. The van der Waals surface area contributed by atoms with Gasteiger partial charge in [-0.05, 0) is 31.7 Å². The van der Waals surface area contributed by atoms with Gasteiger partial charge in [-0.25, -0.2) is 4.98 Å². The summed E-state index contributed by atoms with van der Waals surface area (Å²) < 4.78 is 0. The van der Waals surface area contributed by atoms with E-state index in [1.807, 2.05) is 14.0 Å². The first kappa shape index (κ1) is 18.5. The molecule has 1 atom stereocenters. The fourth-order valence-corrected chi connectivity index (χ4v) is 3.35. The minimum absolute atomic E-state index is 0.446. The van der Waals surface area contributed by atoms with Crippen molar-refractivity contribution in [3.63, 3.8) is 0 Å². The predicted molar refractivity (Wildman–Crippen MR) is 104 cm³/mol. The Morgan fingerprint density at radius 3 is 2.79 bits per heavy atom. The van der Waals surface area contributed by atoms with Gasteiger partial charge < -0.3 is 10.6 Å². The molecule has 2 aromatic rings. The number of guanidine groups is 1. The monoisotopic (exact) mass is 344 g/mol. The Morgan fingerprint density at radius 2 is 2.12 bits per heavy atom. The maximum absolute atomic E-state index is 4.49. The molecule has 0 aliphatic heterocycles. The third kappa shape index (κ3) is 5.96. The van der Waals surface area contributed by atoms with E-state index in [1.54, 1.807) is 11.3 Å². The van der Waals surface area contributed by atoms with Gasteiger partial charge in [0.05, 0.1) is 5.01 Å². The third-order valence-corrected chi connectivity index (χ3v) is 4.96. The second kappa shape index (κ2) is 9.42. The minimum atomic E-state index is 0.446. The van der Waals surface area contributed by atoms with Gasteiger partial charge in [0.25, 0.3) is 0 Å². The van der Waals surface area contributed by atoms with Crippen LogP contribution in [0.5, 0.6) is 0 Å². The molecule has 0 aliphatic rings. The minimum Gasteiger partial charge on any atom is -0.356 e. The van der Waals surface area contributed by atoms with Crippen molar-refractivity contribution >= 4 is 17.3 Å². The lowest BCUT2D eigenvalue weighted by Crippen LogP contribution is -2.39. The summed E-state index contributed by atoms with van der Waals surface area (Å²) in [5.41, 5.74) is 3.78. The van der Waals surface area contributed by atoms with Crippen LogP contribution in [0.1, 0.15) is 41.1 Å². The maximum Gasteiger partial charge on any atom is 0.190 e. The number of aryl methyl sites for hydroxylation is 3. The van der Waals surface area contributed by atoms with Gasteiger partial charge in [-0.15, -0.1) is 11.3 Å². The highest BCUT2D eigenvalue weighted by Gasteiger charge is 2.07. The molecule has 4 nitrogen and oxygen atoms in total. The number of aromatic nitrogens is 1.